The summed E-state index contributed by atoms with van der Waals surface area (Å²) in [5.41, 5.74) is 5.73. The molecule has 0 aliphatic heterocycles. The Morgan fingerprint density at radius 3 is 2.42 bits per heavy atom. The van der Waals surface area contributed by atoms with Crippen molar-refractivity contribution in [1.82, 2.24) is 0 Å². The zero-order valence-electron chi connectivity index (χ0n) is 8.39. The highest BCUT2D eigenvalue weighted by Crippen LogP contribution is 2.25. The summed E-state index contributed by atoms with van der Waals surface area (Å²) < 4.78 is 4.54. The predicted octanol–water partition coefficient (Wildman–Crippen LogP) is 1.31. The largest absolute Gasteiger partial charge is 0.468 e. The van der Waals surface area contributed by atoms with Crippen LogP contribution in [-0.4, -0.2) is 19.1 Å². The SMILES string of the molecule is CCC(C)(C)CC(N)C(=O)OC. The third-order valence-corrected chi connectivity index (χ3v) is 2.23. The predicted molar refractivity (Wildman–Crippen MR) is 48.7 cm³/mol. The highest BCUT2D eigenvalue weighted by Gasteiger charge is 2.23. The highest BCUT2D eigenvalue weighted by atomic mass is 16.5. The molecule has 0 aliphatic rings. The van der Waals surface area contributed by atoms with Gasteiger partial charge >= 0.3 is 5.97 Å². The summed E-state index contributed by atoms with van der Waals surface area (Å²) in [7, 11) is 1.36. The van der Waals surface area contributed by atoms with E-state index >= 15 is 0 Å². The molecule has 1 atom stereocenters. The summed E-state index contributed by atoms with van der Waals surface area (Å²) in [4.78, 5) is 11.0. The number of carbonyl (C=O) groups is 1. The number of hydrogen-bond donors (Lipinski definition) is 1. The molecule has 3 heteroatoms. The number of ether oxygens (including phenoxy) is 1. The minimum atomic E-state index is -0.482. The number of carbonyl (C=O) groups excluding carboxylic acids is 1. The second-order valence-electron chi connectivity index (χ2n) is 3.85. The van der Waals surface area contributed by atoms with Gasteiger partial charge in [-0.1, -0.05) is 27.2 Å². The molecule has 0 saturated carbocycles. The van der Waals surface area contributed by atoms with Crippen LogP contribution in [0.15, 0.2) is 0 Å². The van der Waals surface area contributed by atoms with Gasteiger partial charge in [0.2, 0.25) is 0 Å². The van der Waals surface area contributed by atoms with Crippen LogP contribution in [0.2, 0.25) is 0 Å². The van der Waals surface area contributed by atoms with Gasteiger partial charge in [0.25, 0.3) is 0 Å². The smallest absolute Gasteiger partial charge is 0.322 e. The van der Waals surface area contributed by atoms with Crippen LogP contribution in [0.4, 0.5) is 0 Å². The van der Waals surface area contributed by atoms with E-state index in [2.05, 4.69) is 25.5 Å². The van der Waals surface area contributed by atoms with Crippen LogP contribution in [0.25, 0.3) is 0 Å². The van der Waals surface area contributed by atoms with Gasteiger partial charge in [-0.05, 0) is 11.8 Å². The maximum Gasteiger partial charge on any atom is 0.322 e. The lowest BCUT2D eigenvalue weighted by atomic mass is 9.83. The van der Waals surface area contributed by atoms with Gasteiger partial charge in [-0.2, -0.15) is 0 Å². The Morgan fingerprint density at radius 1 is 1.58 bits per heavy atom. The molecule has 1 unspecified atom stereocenters. The summed E-state index contributed by atoms with van der Waals surface area (Å²) in [6.07, 6.45) is 1.69. The number of rotatable bonds is 4. The van der Waals surface area contributed by atoms with Crippen LogP contribution in [-0.2, 0) is 9.53 Å². The number of esters is 1. The van der Waals surface area contributed by atoms with E-state index in [4.69, 9.17) is 5.73 Å². The Kier molecular flexibility index (Phi) is 4.24. The first kappa shape index (κ1) is 11.4. The third-order valence-electron chi connectivity index (χ3n) is 2.23. The fourth-order valence-electron chi connectivity index (χ4n) is 0.974. The van der Waals surface area contributed by atoms with Crippen LogP contribution < -0.4 is 5.73 Å². The van der Waals surface area contributed by atoms with E-state index in [0.717, 1.165) is 6.42 Å². The van der Waals surface area contributed by atoms with Crippen LogP contribution in [0.5, 0.6) is 0 Å². The van der Waals surface area contributed by atoms with Crippen LogP contribution in [0.3, 0.4) is 0 Å². The molecule has 2 N–H and O–H groups in total. The van der Waals surface area contributed by atoms with Crippen molar-refractivity contribution >= 4 is 5.97 Å². The molecule has 0 saturated heterocycles. The van der Waals surface area contributed by atoms with Crippen molar-refractivity contribution in [2.45, 2.75) is 39.7 Å². The topological polar surface area (TPSA) is 52.3 Å². The Balaban J connectivity index is 3.99. The minimum Gasteiger partial charge on any atom is -0.468 e. The summed E-state index contributed by atoms with van der Waals surface area (Å²) in [6, 6.07) is -0.482. The Hall–Kier alpha value is -0.570. The van der Waals surface area contributed by atoms with Crippen molar-refractivity contribution in [1.29, 1.82) is 0 Å². The summed E-state index contributed by atoms with van der Waals surface area (Å²) >= 11 is 0. The third kappa shape index (κ3) is 3.72. The van der Waals surface area contributed by atoms with Gasteiger partial charge in [0, 0.05) is 0 Å². The number of methoxy groups -OCH3 is 1. The zero-order chi connectivity index (χ0) is 9.78. The highest BCUT2D eigenvalue weighted by molar-refractivity contribution is 5.75. The fraction of sp³-hybridized carbons (Fsp3) is 0.889. The average Bonchev–Trinajstić information content (AvgIpc) is 2.02. The normalized spacial score (nSPS) is 14.1. The van der Waals surface area contributed by atoms with Gasteiger partial charge < -0.3 is 10.5 Å². The van der Waals surface area contributed by atoms with E-state index < -0.39 is 6.04 Å². The summed E-state index contributed by atoms with van der Waals surface area (Å²) in [5, 5.41) is 0. The molecule has 0 heterocycles. The maximum atomic E-state index is 11.0. The van der Waals surface area contributed by atoms with Crippen molar-refractivity contribution in [2.75, 3.05) is 7.11 Å². The maximum absolute atomic E-state index is 11.0. The van der Waals surface area contributed by atoms with Gasteiger partial charge in [0.1, 0.15) is 6.04 Å². The molecule has 0 aromatic heterocycles. The quantitative estimate of drug-likeness (QED) is 0.652. The van der Waals surface area contributed by atoms with Crippen molar-refractivity contribution in [3.8, 4) is 0 Å². The monoisotopic (exact) mass is 173 g/mol. The molecule has 0 bridgehead atoms. The van der Waals surface area contributed by atoms with Crippen molar-refractivity contribution in [2.24, 2.45) is 11.1 Å². The average molecular weight is 173 g/mol. The van der Waals surface area contributed by atoms with E-state index in [1.54, 1.807) is 0 Å². The van der Waals surface area contributed by atoms with E-state index in [1.807, 2.05) is 0 Å². The van der Waals surface area contributed by atoms with Gasteiger partial charge in [-0.25, -0.2) is 0 Å². The molecular formula is C9H19NO2. The molecule has 0 fully saturated rings. The van der Waals surface area contributed by atoms with Gasteiger partial charge in [-0.15, -0.1) is 0 Å². The minimum absolute atomic E-state index is 0.119. The van der Waals surface area contributed by atoms with Crippen molar-refractivity contribution in [3.63, 3.8) is 0 Å². The second-order valence-corrected chi connectivity index (χ2v) is 3.85. The zero-order valence-corrected chi connectivity index (χ0v) is 8.39. The molecule has 0 spiro atoms. The second kappa shape index (κ2) is 4.45. The molecule has 0 rings (SSSR count). The summed E-state index contributed by atoms with van der Waals surface area (Å²) in [5.74, 6) is -0.323. The van der Waals surface area contributed by atoms with Crippen LogP contribution >= 0.6 is 0 Å². The van der Waals surface area contributed by atoms with E-state index in [0.29, 0.717) is 6.42 Å². The molecule has 0 amide bonds. The number of nitrogens with two attached hydrogens (primary N) is 1. The van der Waals surface area contributed by atoms with Gasteiger partial charge in [0.15, 0.2) is 0 Å². The van der Waals surface area contributed by atoms with E-state index in [1.165, 1.54) is 7.11 Å². The molecule has 0 radical (unpaired) electrons. The fourth-order valence-corrected chi connectivity index (χ4v) is 0.974. The van der Waals surface area contributed by atoms with E-state index in [9.17, 15) is 4.79 Å². The molecule has 12 heavy (non-hydrogen) atoms. The lowest BCUT2D eigenvalue weighted by molar-refractivity contribution is -0.142. The Labute approximate surface area is 74.3 Å². The Bertz CT molecular complexity index is 155. The molecule has 0 aromatic carbocycles. The van der Waals surface area contributed by atoms with Crippen LogP contribution in [0.1, 0.15) is 33.6 Å². The van der Waals surface area contributed by atoms with E-state index in [-0.39, 0.29) is 11.4 Å². The van der Waals surface area contributed by atoms with Gasteiger partial charge in [-0.3, -0.25) is 4.79 Å². The molecule has 0 aliphatic carbocycles. The first-order chi connectivity index (χ1) is 5.43. The van der Waals surface area contributed by atoms with Gasteiger partial charge in [0.05, 0.1) is 7.11 Å². The molecular weight excluding hydrogens is 154 g/mol. The summed E-state index contributed by atoms with van der Waals surface area (Å²) in [6.45, 7) is 6.27. The van der Waals surface area contributed by atoms with Crippen molar-refractivity contribution < 1.29 is 9.53 Å². The first-order valence-corrected chi connectivity index (χ1v) is 4.26. The molecule has 0 aromatic rings. The standard InChI is InChI=1S/C9H19NO2/c1-5-9(2,3)6-7(10)8(11)12-4/h7H,5-6,10H2,1-4H3. The lowest BCUT2D eigenvalue weighted by Gasteiger charge is -2.24. The van der Waals surface area contributed by atoms with Crippen LogP contribution in [0, 0.1) is 5.41 Å². The molecule has 3 nitrogen and oxygen atoms in total. The first-order valence-electron chi connectivity index (χ1n) is 4.26. The molecule has 72 valence electrons. The number of hydrogen-bond acceptors (Lipinski definition) is 3. The Morgan fingerprint density at radius 2 is 2.08 bits per heavy atom. The lowest BCUT2D eigenvalue weighted by Crippen LogP contribution is -2.35. The van der Waals surface area contributed by atoms with Crippen molar-refractivity contribution in [3.05, 3.63) is 0 Å².